The van der Waals surface area contributed by atoms with Gasteiger partial charge in [0.2, 0.25) is 5.91 Å². The van der Waals surface area contributed by atoms with Crippen LogP contribution in [0.2, 0.25) is 0 Å². The van der Waals surface area contributed by atoms with Crippen LogP contribution in [0.5, 0.6) is 0 Å². The van der Waals surface area contributed by atoms with Crippen LogP contribution in [0.1, 0.15) is 12.0 Å². The molecule has 0 bridgehead atoms. The summed E-state index contributed by atoms with van der Waals surface area (Å²) in [6.45, 7) is 0.415. The second kappa shape index (κ2) is 6.29. The number of nitrogens with one attached hydrogen (secondary N) is 1. The molecule has 1 saturated heterocycles. The van der Waals surface area contributed by atoms with Gasteiger partial charge < -0.3 is 15.2 Å². The molecule has 1 aromatic rings. The van der Waals surface area contributed by atoms with Crippen molar-refractivity contribution >= 4 is 11.9 Å². The van der Waals surface area contributed by atoms with Gasteiger partial charge in [-0.15, -0.1) is 0 Å². The Labute approximate surface area is 110 Å². The van der Waals surface area contributed by atoms with E-state index >= 15 is 0 Å². The number of aryl methyl sites for hydroxylation is 1. The quantitative estimate of drug-likeness (QED) is 0.794. The summed E-state index contributed by atoms with van der Waals surface area (Å²) < 4.78 is 5.09. The highest BCUT2D eigenvalue weighted by molar-refractivity contribution is 5.78. The molecule has 102 valence electrons. The normalized spacial score (nSPS) is 22.1. The number of carboxylic acid groups (broad SMARTS) is 1. The van der Waals surface area contributed by atoms with Gasteiger partial charge in [-0.2, -0.15) is 0 Å². The van der Waals surface area contributed by atoms with E-state index in [1.165, 1.54) is 0 Å². The van der Waals surface area contributed by atoms with Crippen LogP contribution in [0.4, 0.5) is 0 Å². The first kappa shape index (κ1) is 13.5. The largest absolute Gasteiger partial charge is 0.481 e. The van der Waals surface area contributed by atoms with Crippen molar-refractivity contribution in [1.82, 2.24) is 10.3 Å². The van der Waals surface area contributed by atoms with E-state index in [-0.39, 0.29) is 19.1 Å². The van der Waals surface area contributed by atoms with E-state index in [0.717, 1.165) is 5.56 Å². The SMILES string of the molecule is O=C(CCc1cccnc1)NC1COCC1C(=O)O. The van der Waals surface area contributed by atoms with Crippen LogP contribution in [0.15, 0.2) is 24.5 Å². The van der Waals surface area contributed by atoms with Crippen LogP contribution < -0.4 is 5.32 Å². The maximum absolute atomic E-state index is 11.8. The topological polar surface area (TPSA) is 88.5 Å². The minimum absolute atomic E-state index is 0.156. The van der Waals surface area contributed by atoms with E-state index < -0.39 is 17.9 Å². The summed E-state index contributed by atoms with van der Waals surface area (Å²) >= 11 is 0. The average Bonchev–Trinajstić information content (AvgIpc) is 2.86. The molecule has 2 unspecified atom stereocenters. The zero-order valence-corrected chi connectivity index (χ0v) is 10.4. The van der Waals surface area contributed by atoms with Crippen molar-refractivity contribution in [3.8, 4) is 0 Å². The number of aromatic nitrogens is 1. The Hall–Kier alpha value is -1.95. The third kappa shape index (κ3) is 3.75. The van der Waals surface area contributed by atoms with Crippen molar-refractivity contribution in [3.05, 3.63) is 30.1 Å². The number of carboxylic acids is 1. The maximum Gasteiger partial charge on any atom is 0.311 e. The van der Waals surface area contributed by atoms with E-state index in [4.69, 9.17) is 9.84 Å². The first-order chi connectivity index (χ1) is 9.16. The van der Waals surface area contributed by atoms with Crippen LogP contribution in [0, 0.1) is 5.92 Å². The Balaban J connectivity index is 1.80. The maximum atomic E-state index is 11.8. The molecule has 6 nitrogen and oxygen atoms in total. The summed E-state index contributed by atoms with van der Waals surface area (Å²) in [5.41, 5.74) is 0.982. The number of pyridine rings is 1. The Kier molecular flexibility index (Phi) is 4.46. The first-order valence-corrected chi connectivity index (χ1v) is 6.15. The summed E-state index contributed by atoms with van der Waals surface area (Å²) in [7, 11) is 0. The Morgan fingerprint density at radius 2 is 2.32 bits per heavy atom. The zero-order chi connectivity index (χ0) is 13.7. The van der Waals surface area contributed by atoms with E-state index in [2.05, 4.69) is 10.3 Å². The molecule has 6 heteroatoms. The van der Waals surface area contributed by atoms with Crippen LogP contribution in [0.3, 0.4) is 0 Å². The van der Waals surface area contributed by atoms with Gasteiger partial charge in [-0.1, -0.05) is 6.07 Å². The Bertz CT molecular complexity index is 449. The van der Waals surface area contributed by atoms with E-state index in [9.17, 15) is 9.59 Å². The van der Waals surface area contributed by atoms with Gasteiger partial charge in [0.05, 0.1) is 19.3 Å². The van der Waals surface area contributed by atoms with Crippen molar-refractivity contribution in [2.75, 3.05) is 13.2 Å². The number of aliphatic carboxylic acids is 1. The van der Waals surface area contributed by atoms with E-state index in [1.54, 1.807) is 12.4 Å². The molecule has 2 N–H and O–H groups in total. The second-order valence-electron chi connectivity index (χ2n) is 4.52. The van der Waals surface area contributed by atoms with Crippen molar-refractivity contribution < 1.29 is 19.4 Å². The summed E-state index contributed by atoms with van der Waals surface area (Å²) in [5.74, 6) is -1.75. The van der Waals surface area contributed by atoms with Gasteiger partial charge in [-0.05, 0) is 18.1 Å². The fourth-order valence-corrected chi connectivity index (χ4v) is 2.02. The molecule has 19 heavy (non-hydrogen) atoms. The molecule has 2 rings (SSSR count). The minimum atomic E-state index is -0.935. The number of hydrogen-bond acceptors (Lipinski definition) is 4. The van der Waals surface area contributed by atoms with Gasteiger partial charge in [-0.25, -0.2) is 0 Å². The number of ether oxygens (including phenoxy) is 1. The van der Waals surface area contributed by atoms with E-state index in [1.807, 2.05) is 12.1 Å². The molecule has 0 aliphatic carbocycles. The number of amides is 1. The van der Waals surface area contributed by atoms with Gasteiger partial charge in [0.1, 0.15) is 5.92 Å². The van der Waals surface area contributed by atoms with Crippen molar-refractivity contribution in [2.45, 2.75) is 18.9 Å². The van der Waals surface area contributed by atoms with Gasteiger partial charge in [0, 0.05) is 18.8 Å². The lowest BCUT2D eigenvalue weighted by Gasteiger charge is -2.15. The Morgan fingerprint density at radius 1 is 1.47 bits per heavy atom. The molecule has 1 aliphatic heterocycles. The third-order valence-electron chi connectivity index (χ3n) is 3.11. The molecule has 2 heterocycles. The fraction of sp³-hybridized carbons (Fsp3) is 0.462. The predicted octanol–water partition coefficient (Wildman–Crippen LogP) is 0.230. The molecular formula is C13H16N2O4. The molecule has 0 radical (unpaired) electrons. The summed E-state index contributed by atoms with van der Waals surface area (Å²) in [5, 5.41) is 11.7. The predicted molar refractivity (Wildman–Crippen MR) is 66.4 cm³/mol. The molecule has 1 aromatic heterocycles. The molecular weight excluding hydrogens is 248 g/mol. The lowest BCUT2D eigenvalue weighted by atomic mass is 10.0. The number of hydrogen-bond donors (Lipinski definition) is 2. The molecule has 0 saturated carbocycles. The second-order valence-corrected chi connectivity index (χ2v) is 4.52. The summed E-state index contributed by atoms with van der Waals surface area (Å²) in [6, 6.07) is 3.29. The smallest absolute Gasteiger partial charge is 0.311 e. The van der Waals surface area contributed by atoms with Gasteiger partial charge in [-0.3, -0.25) is 14.6 Å². The lowest BCUT2D eigenvalue weighted by Crippen LogP contribution is -2.42. The number of carbonyl (C=O) groups is 2. The highest BCUT2D eigenvalue weighted by Crippen LogP contribution is 2.14. The highest BCUT2D eigenvalue weighted by Gasteiger charge is 2.34. The molecule has 1 amide bonds. The van der Waals surface area contributed by atoms with Gasteiger partial charge in [0.15, 0.2) is 0 Å². The zero-order valence-electron chi connectivity index (χ0n) is 10.4. The number of carbonyl (C=O) groups excluding carboxylic acids is 1. The molecule has 2 atom stereocenters. The number of nitrogens with zero attached hydrogens (tertiary/aromatic N) is 1. The van der Waals surface area contributed by atoms with Crippen LogP contribution in [-0.4, -0.2) is 41.2 Å². The molecule has 0 spiro atoms. The highest BCUT2D eigenvalue weighted by atomic mass is 16.5. The fourth-order valence-electron chi connectivity index (χ4n) is 2.02. The first-order valence-electron chi connectivity index (χ1n) is 6.15. The van der Waals surface area contributed by atoms with Crippen LogP contribution >= 0.6 is 0 Å². The van der Waals surface area contributed by atoms with Gasteiger partial charge in [0.25, 0.3) is 0 Å². The third-order valence-corrected chi connectivity index (χ3v) is 3.11. The summed E-state index contributed by atoms with van der Waals surface area (Å²) in [4.78, 5) is 26.7. The average molecular weight is 264 g/mol. The van der Waals surface area contributed by atoms with Crippen molar-refractivity contribution in [1.29, 1.82) is 0 Å². The minimum Gasteiger partial charge on any atom is -0.481 e. The van der Waals surface area contributed by atoms with Crippen molar-refractivity contribution in [2.24, 2.45) is 5.92 Å². The van der Waals surface area contributed by atoms with Crippen molar-refractivity contribution in [3.63, 3.8) is 0 Å². The van der Waals surface area contributed by atoms with Gasteiger partial charge >= 0.3 is 5.97 Å². The van der Waals surface area contributed by atoms with E-state index in [0.29, 0.717) is 12.8 Å². The molecule has 1 fully saturated rings. The standard InChI is InChI=1S/C13H16N2O4/c16-12(4-3-9-2-1-5-14-6-9)15-11-8-19-7-10(11)13(17)18/h1-2,5-6,10-11H,3-4,7-8H2,(H,15,16)(H,17,18). The molecule has 0 aromatic carbocycles. The monoisotopic (exact) mass is 264 g/mol. The summed E-state index contributed by atoms with van der Waals surface area (Å²) in [6.07, 6.45) is 4.29. The Morgan fingerprint density at radius 3 is 3.00 bits per heavy atom. The van der Waals surface area contributed by atoms with Crippen LogP contribution in [0.25, 0.3) is 0 Å². The number of rotatable bonds is 5. The molecule has 1 aliphatic rings. The van der Waals surface area contributed by atoms with Crippen LogP contribution in [-0.2, 0) is 20.7 Å². The lowest BCUT2D eigenvalue weighted by molar-refractivity contribution is -0.142.